The van der Waals surface area contributed by atoms with Crippen LogP contribution in [0, 0.1) is 10.1 Å². The van der Waals surface area contributed by atoms with E-state index in [1.165, 1.54) is 37.4 Å². The summed E-state index contributed by atoms with van der Waals surface area (Å²) in [5, 5.41) is 13.4. The van der Waals surface area contributed by atoms with Gasteiger partial charge in [-0.3, -0.25) is 19.7 Å². The molecule has 0 saturated heterocycles. The van der Waals surface area contributed by atoms with Crippen LogP contribution in [0.1, 0.15) is 17.3 Å². The van der Waals surface area contributed by atoms with Crippen molar-refractivity contribution in [3.8, 4) is 17.2 Å². The highest BCUT2D eigenvalue weighted by Crippen LogP contribution is 2.30. The molecular formula is C18H18N2O7. The molecule has 2 aromatic carbocycles. The third-order valence-electron chi connectivity index (χ3n) is 3.43. The van der Waals surface area contributed by atoms with Crippen molar-refractivity contribution in [1.29, 1.82) is 0 Å². The number of rotatable bonds is 9. The number of ether oxygens (including phenoxy) is 3. The lowest BCUT2D eigenvalue weighted by atomic mass is 10.2. The molecule has 0 unspecified atom stereocenters. The van der Waals surface area contributed by atoms with Gasteiger partial charge in [-0.05, 0) is 31.2 Å². The second-order valence-corrected chi connectivity index (χ2v) is 5.24. The van der Waals surface area contributed by atoms with Crippen LogP contribution in [-0.4, -0.2) is 37.4 Å². The number of nitro benzene ring substituents is 1. The number of non-ortho nitro benzene ring substituents is 1. The largest absolute Gasteiger partial charge is 0.494 e. The molecule has 0 aliphatic carbocycles. The van der Waals surface area contributed by atoms with Crippen molar-refractivity contribution in [3.63, 3.8) is 0 Å². The van der Waals surface area contributed by atoms with Gasteiger partial charge < -0.3 is 19.5 Å². The summed E-state index contributed by atoms with van der Waals surface area (Å²) in [6.45, 7) is 1.82. The lowest BCUT2D eigenvalue weighted by Gasteiger charge is -2.13. The smallest absolute Gasteiger partial charge is 0.273 e. The summed E-state index contributed by atoms with van der Waals surface area (Å²) >= 11 is 0. The fourth-order valence-electron chi connectivity index (χ4n) is 2.21. The molecule has 9 heteroatoms. The number of anilines is 1. The van der Waals surface area contributed by atoms with Gasteiger partial charge in [-0.1, -0.05) is 0 Å². The number of methoxy groups -OCH3 is 1. The molecule has 0 aliphatic heterocycles. The minimum absolute atomic E-state index is 0.155. The average molecular weight is 374 g/mol. The van der Waals surface area contributed by atoms with Gasteiger partial charge in [-0.2, -0.15) is 0 Å². The third kappa shape index (κ3) is 5.18. The molecule has 0 heterocycles. The van der Waals surface area contributed by atoms with Crippen molar-refractivity contribution in [2.45, 2.75) is 6.92 Å². The molecule has 1 N–H and O–H groups in total. The van der Waals surface area contributed by atoms with Gasteiger partial charge in [0, 0.05) is 11.6 Å². The summed E-state index contributed by atoms with van der Waals surface area (Å²) in [7, 11) is 1.34. The number of amides is 1. The van der Waals surface area contributed by atoms with Crippen molar-refractivity contribution in [2.24, 2.45) is 0 Å². The zero-order valence-corrected chi connectivity index (χ0v) is 14.8. The first kappa shape index (κ1) is 19.7. The van der Waals surface area contributed by atoms with Gasteiger partial charge in [-0.15, -0.1) is 0 Å². The molecule has 0 atom stereocenters. The summed E-state index contributed by atoms with van der Waals surface area (Å²) in [6, 6.07) is 8.44. The number of hydrogen-bond donors (Lipinski definition) is 1. The molecule has 0 saturated carbocycles. The van der Waals surface area contributed by atoms with Gasteiger partial charge in [0.05, 0.1) is 30.4 Å². The van der Waals surface area contributed by atoms with Crippen LogP contribution < -0.4 is 19.5 Å². The first-order valence-corrected chi connectivity index (χ1v) is 7.95. The van der Waals surface area contributed by atoms with Crippen molar-refractivity contribution in [1.82, 2.24) is 0 Å². The zero-order valence-electron chi connectivity index (χ0n) is 14.8. The van der Waals surface area contributed by atoms with Crippen LogP contribution in [0.5, 0.6) is 17.2 Å². The van der Waals surface area contributed by atoms with Crippen LogP contribution in [-0.2, 0) is 4.79 Å². The summed E-state index contributed by atoms with van der Waals surface area (Å²) < 4.78 is 15.9. The van der Waals surface area contributed by atoms with Crippen LogP contribution in [0.25, 0.3) is 0 Å². The summed E-state index contributed by atoms with van der Waals surface area (Å²) in [5.74, 6) is 0.322. The van der Waals surface area contributed by atoms with Gasteiger partial charge in [0.25, 0.3) is 11.6 Å². The molecule has 0 radical (unpaired) electrons. The number of carbonyl (C=O) groups is 2. The van der Waals surface area contributed by atoms with Gasteiger partial charge in [0.2, 0.25) is 0 Å². The Morgan fingerprint density at radius 3 is 2.56 bits per heavy atom. The second kappa shape index (κ2) is 9.18. The molecule has 0 aliphatic rings. The average Bonchev–Trinajstić information content (AvgIpc) is 2.67. The Morgan fingerprint density at radius 2 is 1.93 bits per heavy atom. The van der Waals surface area contributed by atoms with Crippen LogP contribution >= 0.6 is 0 Å². The molecule has 2 aromatic rings. The Morgan fingerprint density at radius 1 is 1.15 bits per heavy atom. The standard InChI is InChI=1S/C18H18N2O7/c1-3-26-17-8-12(10-21)4-7-15(17)27-11-18(22)19-14-6-5-13(20(23)24)9-16(14)25-2/h4-10H,3,11H2,1-2H3,(H,19,22). The van der Waals surface area contributed by atoms with E-state index in [9.17, 15) is 19.7 Å². The summed E-state index contributed by atoms with van der Waals surface area (Å²) in [5.41, 5.74) is 0.543. The highest BCUT2D eigenvalue weighted by molar-refractivity contribution is 5.93. The molecule has 0 bridgehead atoms. The van der Waals surface area contributed by atoms with E-state index in [4.69, 9.17) is 14.2 Å². The Bertz CT molecular complexity index is 852. The normalized spacial score (nSPS) is 10.0. The monoisotopic (exact) mass is 374 g/mol. The number of benzene rings is 2. The van der Waals surface area contributed by atoms with Gasteiger partial charge in [0.15, 0.2) is 18.1 Å². The molecular weight excluding hydrogens is 356 g/mol. The first-order valence-electron chi connectivity index (χ1n) is 7.95. The van der Waals surface area contributed by atoms with E-state index in [-0.39, 0.29) is 23.7 Å². The number of nitro groups is 1. The van der Waals surface area contributed by atoms with Crippen molar-refractivity contribution in [2.75, 3.05) is 25.6 Å². The van der Waals surface area contributed by atoms with E-state index in [0.717, 1.165) is 0 Å². The minimum Gasteiger partial charge on any atom is -0.494 e. The second-order valence-electron chi connectivity index (χ2n) is 5.24. The van der Waals surface area contributed by atoms with Gasteiger partial charge in [-0.25, -0.2) is 0 Å². The van der Waals surface area contributed by atoms with Crippen LogP contribution in [0.4, 0.5) is 11.4 Å². The fraction of sp³-hybridized carbons (Fsp3) is 0.222. The quantitative estimate of drug-likeness (QED) is 0.407. The van der Waals surface area contributed by atoms with Crippen LogP contribution in [0.15, 0.2) is 36.4 Å². The topological polar surface area (TPSA) is 117 Å². The molecule has 1 amide bonds. The Hall–Kier alpha value is -3.62. The van der Waals surface area contributed by atoms with E-state index in [0.29, 0.717) is 30.0 Å². The summed E-state index contributed by atoms with van der Waals surface area (Å²) in [4.78, 5) is 33.2. The van der Waals surface area contributed by atoms with E-state index in [2.05, 4.69) is 5.32 Å². The Balaban J connectivity index is 2.06. The van der Waals surface area contributed by atoms with Gasteiger partial charge in [0.1, 0.15) is 12.0 Å². The SMILES string of the molecule is CCOc1cc(C=O)ccc1OCC(=O)Nc1ccc([N+](=O)[O-])cc1OC. The number of nitrogens with one attached hydrogen (secondary N) is 1. The third-order valence-corrected chi connectivity index (χ3v) is 3.43. The molecule has 142 valence electrons. The molecule has 2 rings (SSSR count). The molecule has 27 heavy (non-hydrogen) atoms. The highest BCUT2D eigenvalue weighted by atomic mass is 16.6. The van der Waals surface area contributed by atoms with Crippen LogP contribution in [0.2, 0.25) is 0 Å². The molecule has 9 nitrogen and oxygen atoms in total. The zero-order chi connectivity index (χ0) is 19.8. The fourth-order valence-corrected chi connectivity index (χ4v) is 2.21. The minimum atomic E-state index is -0.560. The maximum absolute atomic E-state index is 12.1. The Kier molecular flexibility index (Phi) is 6.70. The lowest BCUT2D eigenvalue weighted by Crippen LogP contribution is -2.20. The number of nitrogens with zero attached hydrogens (tertiary/aromatic N) is 1. The summed E-state index contributed by atoms with van der Waals surface area (Å²) in [6.07, 6.45) is 0.680. The van der Waals surface area contributed by atoms with Crippen molar-refractivity contribution < 1.29 is 28.7 Å². The van der Waals surface area contributed by atoms with E-state index >= 15 is 0 Å². The van der Waals surface area contributed by atoms with E-state index in [1.807, 2.05) is 0 Å². The van der Waals surface area contributed by atoms with E-state index in [1.54, 1.807) is 13.0 Å². The molecule has 0 fully saturated rings. The number of carbonyl (C=O) groups excluding carboxylic acids is 2. The van der Waals surface area contributed by atoms with Crippen LogP contribution in [0.3, 0.4) is 0 Å². The van der Waals surface area contributed by atoms with Gasteiger partial charge >= 0.3 is 0 Å². The predicted molar refractivity (Wildman–Crippen MR) is 96.8 cm³/mol. The van der Waals surface area contributed by atoms with Crippen molar-refractivity contribution in [3.05, 3.63) is 52.1 Å². The van der Waals surface area contributed by atoms with E-state index < -0.39 is 10.8 Å². The Labute approximate surface area is 155 Å². The number of aldehydes is 1. The molecule has 0 spiro atoms. The highest BCUT2D eigenvalue weighted by Gasteiger charge is 2.14. The predicted octanol–water partition coefficient (Wildman–Crippen LogP) is 2.83. The maximum atomic E-state index is 12.1. The molecule has 0 aromatic heterocycles. The number of hydrogen-bond acceptors (Lipinski definition) is 7. The lowest BCUT2D eigenvalue weighted by molar-refractivity contribution is -0.384. The maximum Gasteiger partial charge on any atom is 0.273 e. The first-order chi connectivity index (χ1) is 13.0. The van der Waals surface area contributed by atoms with Crippen molar-refractivity contribution >= 4 is 23.6 Å².